The van der Waals surface area contributed by atoms with E-state index in [0.29, 0.717) is 13.0 Å². The second-order valence-electron chi connectivity index (χ2n) is 2.23. The fourth-order valence-corrected chi connectivity index (χ4v) is 1.44. The van der Waals surface area contributed by atoms with Crippen LogP contribution in [0.2, 0.25) is 0 Å². The molecule has 2 N–H and O–H groups in total. The molecule has 0 aliphatic carbocycles. The molecule has 4 nitrogen and oxygen atoms in total. The van der Waals surface area contributed by atoms with Gasteiger partial charge < -0.3 is 5.11 Å². The first-order valence-electron chi connectivity index (χ1n) is 3.07. The van der Waals surface area contributed by atoms with Crippen molar-refractivity contribution >= 4 is 15.3 Å². The smallest absolute Gasteiger partial charge is 0.228 e. The van der Waals surface area contributed by atoms with E-state index in [2.05, 4.69) is 5.32 Å². The van der Waals surface area contributed by atoms with Crippen LogP contribution in [0.5, 0.6) is 0 Å². The quantitative estimate of drug-likeness (QED) is 0.437. The van der Waals surface area contributed by atoms with Crippen molar-refractivity contribution in [3.05, 3.63) is 0 Å². The first kappa shape index (κ1) is 7.71. The lowest BCUT2D eigenvalue weighted by atomic mass is 10.1. The zero-order valence-corrected chi connectivity index (χ0v) is 6.19. The third kappa shape index (κ3) is 1.80. The standard InChI is InChI=1S/C5H9NO3S/c7-4-1-2-6-5(3-4)10(8)9/h4,6-7H,1-3H2. The van der Waals surface area contributed by atoms with Crippen molar-refractivity contribution in [1.29, 1.82) is 0 Å². The average Bonchev–Trinajstić information content (AvgIpc) is 1.88. The largest absolute Gasteiger partial charge is 0.393 e. The van der Waals surface area contributed by atoms with E-state index < -0.39 is 16.4 Å². The van der Waals surface area contributed by atoms with Gasteiger partial charge in [-0.2, -0.15) is 8.42 Å². The monoisotopic (exact) mass is 163 g/mol. The van der Waals surface area contributed by atoms with Gasteiger partial charge in [0.1, 0.15) is 4.99 Å². The molecule has 0 aromatic heterocycles. The van der Waals surface area contributed by atoms with Gasteiger partial charge in [-0.25, -0.2) is 0 Å². The Hall–Kier alpha value is -0.390. The van der Waals surface area contributed by atoms with E-state index in [1.54, 1.807) is 0 Å². The number of aliphatic hydroxyl groups excluding tert-OH is 1. The summed E-state index contributed by atoms with van der Waals surface area (Å²) in [5.41, 5.74) is 0. The Balaban J connectivity index is 2.74. The highest BCUT2D eigenvalue weighted by Gasteiger charge is 2.15. The minimum absolute atomic E-state index is 0.221. The van der Waals surface area contributed by atoms with Crippen LogP contribution in [0, 0.1) is 0 Å². The summed E-state index contributed by atoms with van der Waals surface area (Å²) in [7, 11) is -2.18. The fourth-order valence-electron chi connectivity index (χ4n) is 0.893. The molecule has 0 radical (unpaired) electrons. The molecule has 0 aromatic carbocycles. The summed E-state index contributed by atoms with van der Waals surface area (Å²) in [6.07, 6.45) is 0.366. The number of hydrogen-bond donors (Lipinski definition) is 2. The molecule has 1 atom stereocenters. The van der Waals surface area contributed by atoms with Crippen molar-refractivity contribution in [3.63, 3.8) is 0 Å². The maximum Gasteiger partial charge on any atom is 0.228 e. The molecule has 1 unspecified atom stereocenters. The molecule has 1 aliphatic rings. The second kappa shape index (κ2) is 3.14. The summed E-state index contributed by atoms with van der Waals surface area (Å²) in [6, 6.07) is 0. The van der Waals surface area contributed by atoms with Crippen molar-refractivity contribution in [3.8, 4) is 0 Å². The van der Waals surface area contributed by atoms with Gasteiger partial charge in [0.2, 0.25) is 10.3 Å². The van der Waals surface area contributed by atoms with Gasteiger partial charge in [-0.3, -0.25) is 5.32 Å². The summed E-state index contributed by atoms with van der Waals surface area (Å²) in [6.45, 7) is 0.546. The van der Waals surface area contributed by atoms with Crippen LogP contribution in [-0.4, -0.2) is 31.2 Å². The first-order valence-corrected chi connectivity index (χ1v) is 4.14. The summed E-state index contributed by atoms with van der Waals surface area (Å²) in [5.74, 6) is 0. The van der Waals surface area contributed by atoms with E-state index in [-0.39, 0.29) is 11.4 Å². The maximum absolute atomic E-state index is 10.3. The molecule has 5 heteroatoms. The highest BCUT2D eigenvalue weighted by molar-refractivity contribution is 7.72. The predicted octanol–water partition coefficient (Wildman–Crippen LogP) is -1.26. The molecule has 1 rings (SSSR count). The van der Waals surface area contributed by atoms with Crippen molar-refractivity contribution in [2.45, 2.75) is 18.9 Å². The minimum Gasteiger partial charge on any atom is -0.393 e. The van der Waals surface area contributed by atoms with E-state index >= 15 is 0 Å². The van der Waals surface area contributed by atoms with Crippen LogP contribution in [0.4, 0.5) is 0 Å². The zero-order valence-electron chi connectivity index (χ0n) is 5.37. The summed E-state index contributed by atoms with van der Waals surface area (Å²) < 4.78 is 20.6. The van der Waals surface area contributed by atoms with Gasteiger partial charge in [0.05, 0.1) is 6.10 Å². The Kier molecular flexibility index (Phi) is 2.42. The lowest BCUT2D eigenvalue weighted by molar-refractivity contribution is 0.166. The van der Waals surface area contributed by atoms with E-state index in [1.165, 1.54) is 0 Å². The van der Waals surface area contributed by atoms with Gasteiger partial charge in [0.15, 0.2) is 0 Å². The third-order valence-corrected chi connectivity index (χ3v) is 2.14. The lowest BCUT2D eigenvalue weighted by Crippen LogP contribution is -2.36. The van der Waals surface area contributed by atoms with Crippen molar-refractivity contribution in [2.24, 2.45) is 0 Å². The van der Waals surface area contributed by atoms with Crippen LogP contribution in [0.3, 0.4) is 0 Å². The Bertz CT molecular complexity index is 236. The van der Waals surface area contributed by atoms with Gasteiger partial charge in [-0.1, -0.05) is 0 Å². The van der Waals surface area contributed by atoms with Crippen LogP contribution in [0.15, 0.2) is 0 Å². The van der Waals surface area contributed by atoms with Crippen LogP contribution >= 0.6 is 0 Å². The molecule has 1 heterocycles. The van der Waals surface area contributed by atoms with Crippen LogP contribution in [0.25, 0.3) is 0 Å². The molecule has 0 bridgehead atoms. The average molecular weight is 163 g/mol. The van der Waals surface area contributed by atoms with Crippen LogP contribution in [0.1, 0.15) is 12.8 Å². The summed E-state index contributed by atoms with van der Waals surface area (Å²) in [4.78, 5) is 0.221. The molecule has 58 valence electrons. The first-order chi connectivity index (χ1) is 4.70. The van der Waals surface area contributed by atoms with E-state index in [4.69, 9.17) is 5.11 Å². The Morgan fingerprint density at radius 3 is 2.70 bits per heavy atom. The molecular weight excluding hydrogens is 154 g/mol. The van der Waals surface area contributed by atoms with Crippen molar-refractivity contribution < 1.29 is 13.5 Å². The minimum atomic E-state index is -2.18. The molecule has 1 aliphatic heterocycles. The Morgan fingerprint density at radius 1 is 1.60 bits per heavy atom. The highest BCUT2D eigenvalue weighted by atomic mass is 32.2. The summed E-state index contributed by atoms with van der Waals surface area (Å²) in [5, 5.41) is 11.7. The SMILES string of the molecule is O=S(=O)=C1CC(O)CCN1. The van der Waals surface area contributed by atoms with Gasteiger partial charge in [0.25, 0.3) is 0 Å². The number of rotatable bonds is 0. The number of piperidine rings is 1. The summed E-state index contributed by atoms with van der Waals surface area (Å²) >= 11 is 0. The number of nitrogens with one attached hydrogen (secondary N) is 1. The van der Waals surface area contributed by atoms with E-state index in [9.17, 15) is 8.42 Å². The van der Waals surface area contributed by atoms with Gasteiger partial charge in [-0.15, -0.1) is 0 Å². The van der Waals surface area contributed by atoms with Crippen LogP contribution in [-0.2, 0) is 10.3 Å². The van der Waals surface area contributed by atoms with E-state index in [1.807, 2.05) is 0 Å². The molecule has 10 heavy (non-hydrogen) atoms. The number of hydrogen-bond acceptors (Lipinski definition) is 3. The topological polar surface area (TPSA) is 66.4 Å². The molecule has 1 fully saturated rings. The normalized spacial score (nSPS) is 26.5. The second-order valence-corrected chi connectivity index (χ2v) is 3.19. The Morgan fingerprint density at radius 2 is 2.30 bits per heavy atom. The zero-order chi connectivity index (χ0) is 7.56. The fraction of sp³-hybridized carbons (Fsp3) is 0.800. The maximum atomic E-state index is 10.3. The van der Waals surface area contributed by atoms with Gasteiger partial charge in [-0.05, 0) is 6.42 Å². The molecule has 0 amide bonds. The van der Waals surface area contributed by atoms with Gasteiger partial charge >= 0.3 is 0 Å². The predicted molar refractivity (Wildman–Crippen MR) is 37.2 cm³/mol. The lowest BCUT2D eigenvalue weighted by Gasteiger charge is -2.17. The molecule has 0 saturated carbocycles. The Labute approximate surface area is 60.4 Å². The number of aliphatic hydroxyl groups is 1. The van der Waals surface area contributed by atoms with Crippen molar-refractivity contribution in [1.82, 2.24) is 5.32 Å². The van der Waals surface area contributed by atoms with Crippen LogP contribution < -0.4 is 5.32 Å². The van der Waals surface area contributed by atoms with Crippen molar-refractivity contribution in [2.75, 3.05) is 6.54 Å². The van der Waals surface area contributed by atoms with Gasteiger partial charge in [0, 0.05) is 13.0 Å². The highest BCUT2D eigenvalue weighted by Crippen LogP contribution is 2.01. The molecule has 0 aromatic rings. The third-order valence-electron chi connectivity index (χ3n) is 1.42. The molecular formula is C5H9NO3S. The molecule has 0 spiro atoms. The molecule has 1 saturated heterocycles. The van der Waals surface area contributed by atoms with E-state index in [0.717, 1.165) is 0 Å².